The Morgan fingerprint density at radius 2 is 2.28 bits per heavy atom. The Morgan fingerprint density at radius 3 is 2.94 bits per heavy atom. The summed E-state index contributed by atoms with van der Waals surface area (Å²) in [5.41, 5.74) is 0.718. The van der Waals surface area contributed by atoms with Crippen LogP contribution in [0.2, 0.25) is 0 Å². The van der Waals surface area contributed by atoms with Gasteiger partial charge in [0, 0.05) is 32.2 Å². The molecule has 1 saturated heterocycles. The molecule has 1 amide bonds. The van der Waals surface area contributed by atoms with Crippen molar-refractivity contribution < 1.29 is 14.4 Å². The van der Waals surface area contributed by atoms with E-state index < -0.39 is 0 Å². The van der Waals surface area contributed by atoms with Crippen LogP contribution in [0, 0.1) is 6.92 Å². The van der Waals surface area contributed by atoms with E-state index in [9.17, 15) is 4.79 Å². The maximum atomic E-state index is 12.2. The fraction of sp³-hybridized carbons (Fsp3) is 0.667. The van der Waals surface area contributed by atoms with Crippen molar-refractivity contribution in [3.63, 3.8) is 0 Å². The number of carbonyl (C=O) groups is 1. The molecule has 18 heavy (non-hydrogen) atoms. The van der Waals surface area contributed by atoms with Crippen LogP contribution in [-0.2, 0) is 0 Å². The van der Waals surface area contributed by atoms with Gasteiger partial charge in [-0.25, -0.2) is 0 Å². The van der Waals surface area contributed by atoms with Gasteiger partial charge in [-0.15, -0.1) is 0 Å². The molecule has 0 aromatic carbocycles. The van der Waals surface area contributed by atoms with Crippen molar-refractivity contribution in [1.82, 2.24) is 15.0 Å². The molecular weight excluding hydrogens is 234 g/mol. The fourth-order valence-electron chi connectivity index (χ4n) is 2.16. The van der Waals surface area contributed by atoms with Crippen LogP contribution in [0.3, 0.4) is 0 Å². The summed E-state index contributed by atoms with van der Waals surface area (Å²) in [6.45, 7) is 5.72. The first-order valence-corrected chi connectivity index (χ1v) is 6.26. The Balaban J connectivity index is 1.95. The smallest absolute Gasteiger partial charge is 0.292 e. The molecule has 1 aromatic rings. The Bertz CT molecular complexity index is 405. The molecule has 2 heterocycles. The van der Waals surface area contributed by atoms with Crippen LogP contribution in [0.15, 0.2) is 10.6 Å². The van der Waals surface area contributed by atoms with E-state index >= 15 is 0 Å². The summed E-state index contributed by atoms with van der Waals surface area (Å²) in [6.07, 6.45) is 0.916. The average molecular weight is 253 g/mol. The first-order chi connectivity index (χ1) is 8.70. The monoisotopic (exact) mass is 253 g/mol. The second-order valence-electron chi connectivity index (χ2n) is 4.54. The van der Waals surface area contributed by atoms with E-state index in [4.69, 9.17) is 9.63 Å². The number of amides is 1. The number of aliphatic hydroxyl groups is 1. The molecule has 1 N–H and O–H groups in total. The fourth-order valence-corrected chi connectivity index (χ4v) is 2.16. The van der Waals surface area contributed by atoms with Crippen LogP contribution in [0.25, 0.3) is 0 Å². The zero-order valence-electron chi connectivity index (χ0n) is 10.6. The lowest BCUT2D eigenvalue weighted by Crippen LogP contribution is -2.35. The predicted octanol–water partition coefficient (Wildman–Crippen LogP) is 0.123. The van der Waals surface area contributed by atoms with Gasteiger partial charge in [0.25, 0.3) is 5.91 Å². The van der Waals surface area contributed by atoms with E-state index in [1.165, 1.54) is 0 Å². The van der Waals surface area contributed by atoms with Gasteiger partial charge in [-0.1, -0.05) is 5.16 Å². The van der Waals surface area contributed by atoms with Crippen molar-refractivity contribution in [2.45, 2.75) is 13.3 Å². The van der Waals surface area contributed by atoms with Crippen LogP contribution in [0.4, 0.5) is 0 Å². The number of aryl methyl sites for hydroxylation is 1. The molecule has 0 spiro atoms. The Labute approximate surface area is 106 Å². The minimum absolute atomic E-state index is 0.0959. The zero-order valence-corrected chi connectivity index (χ0v) is 10.6. The standard InChI is InChI=1S/C12H19N3O3/c1-10-9-11(18-13-10)12(17)15-4-2-3-14(5-6-15)7-8-16/h9,16H,2-8H2,1H3. The van der Waals surface area contributed by atoms with Gasteiger partial charge in [0.05, 0.1) is 12.3 Å². The molecule has 1 aliphatic heterocycles. The highest BCUT2D eigenvalue weighted by Gasteiger charge is 2.22. The maximum absolute atomic E-state index is 12.2. The molecule has 0 atom stereocenters. The second-order valence-corrected chi connectivity index (χ2v) is 4.54. The summed E-state index contributed by atoms with van der Waals surface area (Å²) < 4.78 is 5.00. The van der Waals surface area contributed by atoms with Crippen molar-refractivity contribution >= 4 is 5.91 Å². The summed E-state index contributed by atoms with van der Waals surface area (Å²) in [5.74, 6) is 0.213. The largest absolute Gasteiger partial charge is 0.395 e. The third-order valence-electron chi connectivity index (χ3n) is 3.13. The lowest BCUT2D eigenvalue weighted by Gasteiger charge is -2.20. The molecule has 1 fully saturated rings. The molecular formula is C12H19N3O3. The molecule has 100 valence electrons. The van der Waals surface area contributed by atoms with Crippen LogP contribution >= 0.6 is 0 Å². The number of carbonyl (C=O) groups excluding carboxylic acids is 1. The normalized spacial score (nSPS) is 17.8. The SMILES string of the molecule is Cc1cc(C(=O)N2CCCN(CCO)CC2)on1. The van der Waals surface area contributed by atoms with Gasteiger partial charge < -0.3 is 14.5 Å². The number of hydrogen-bond donors (Lipinski definition) is 1. The number of aliphatic hydroxyl groups excluding tert-OH is 1. The highest BCUT2D eigenvalue weighted by molar-refractivity contribution is 5.91. The van der Waals surface area contributed by atoms with Crippen LogP contribution in [-0.4, -0.2) is 65.3 Å². The topological polar surface area (TPSA) is 69.8 Å². The molecule has 0 saturated carbocycles. The summed E-state index contributed by atoms with van der Waals surface area (Å²) in [7, 11) is 0. The van der Waals surface area contributed by atoms with Gasteiger partial charge in [-0.2, -0.15) is 0 Å². The second kappa shape index (κ2) is 5.97. The molecule has 1 aromatic heterocycles. The number of rotatable bonds is 3. The van der Waals surface area contributed by atoms with Crippen LogP contribution < -0.4 is 0 Å². The van der Waals surface area contributed by atoms with Crippen molar-refractivity contribution in [1.29, 1.82) is 0 Å². The molecule has 6 nitrogen and oxygen atoms in total. The number of nitrogens with zero attached hydrogens (tertiary/aromatic N) is 3. The van der Waals surface area contributed by atoms with E-state index in [0.717, 1.165) is 31.7 Å². The number of aromatic nitrogens is 1. The molecule has 0 radical (unpaired) electrons. The molecule has 2 rings (SSSR count). The average Bonchev–Trinajstić information content (AvgIpc) is 2.65. The number of β-amino-alcohol motifs (C(OH)–C–C–N with tert-alkyl or cyclic N) is 1. The van der Waals surface area contributed by atoms with Gasteiger partial charge in [0.2, 0.25) is 5.76 Å². The molecule has 0 bridgehead atoms. The highest BCUT2D eigenvalue weighted by Crippen LogP contribution is 2.10. The highest BCUT2D eigenvalue weighted by atomic mass is 16.5. The van der Waals surface area contributed by atoms with Gasteiger partial charge in [0.1, 0.15) is 0 Å². The van der Waals surface area contributed by atoms with Crippen LogP contribution in [0.5, 0.6) is 0 Å². The van der Waals surface area contributed by atoms with E-state index in [0.29, 0.717) is 18.8 Å². The zero-order chi connectivity index (χ0) is 13.0. The van der Waals surface area contributed by atoms with Gasteiger partial charge in [-0.3, -0.25) is 9.69 Å². The third-order valence-corrected chi connectivity index (χ3v) is 3.13. The Kier molecular flexibility index (Phi) is 4.33. The third kappa shape index (κ3) is 3.08. The predicted molar refractivity (Wildman–Crippen MR) is 65.3 cm³/mol. The van der Waals surface area contributed by atoms with Crippen molar-refractivity contribution in [2.75, 3.05) is 39.3 Å². The van der Waals surface area contributed by atoms with Crippen LogP contribution in [0.1, 0.15) is 22.7 Å². The number of hydrogen-bond acceptors (Lipinski definition) is 5. The Hall–Kier alpha value is -1.40. The van der Waals surface area contributed by atoms with E-state index in [1.807, 2.05) is 0 Å². The van der Waals surface area contributed by atoms with Crippen molar-refractivity contribution in [3.8, 4) is 0 Å². The van der Waals surface area contributed by atoms with E-state index in [-0.39, 0.29) is 12.5 Å². The van der Waals surface area contributed by atoms with Crippen molar-refractivity contribution in [3.05, 3.63) is 17.5 Å². The van der Waals surface area contributed by atoms with E-state index in [2.05, 4.69) is 10.1 Å². The van der Waals surface area contributed by atoms with Crippen molar-refractivity contribution in [2.24, 2.45) is 0 Å². The molecule has 0 aliphatic carbocycles. The summed E-state index contributed by atoms with van der Waals surface area (Å²) in [4.78, 5) is 16.1. The first-order valence-electron chi connectivity index (χ1n) is 6.26. The molecule has 0 unspecified atom stereocenters. The van der Waals surface area contributed by atoms with Gasteiger partial charge >= 0.3 is 0 Å². The summed E-state index contributed by atoms with van der Waals surface area (Å²) >= 11 is 0. The van der Waals surface area contributed by atoms with Gasteiger partial charge in [-0.05, 0) is 19.9 Å². The summed E-state index contributed by atoms with van der Waals surface area (Å²) in [6, 6.07) is 1.67. The summed E-state index contributed by atoms with van der Waals surface area (Å²) in [5, 5.41) is 12.7. The first kappa shape index (κ1) is 13.0. The Morgan fingerprint density at radius 1 is 1.44 bits per heavy atom. The minimum atomic E-state index is -0.0959. The maximum Gasteiger partial charge on any atom is 0.292 e. The molecule has 1 aliphatic rings. The minimum Gasteiger partial charge on any atom is -0.395 e. The molecule has 6 heteroatoms. The lowest BCUT2D eigenvalue weighted by molar-refractivity contribution is 0.0718. The quantitative estimate of drug-likeness (QED) is 0.828. The van der Waals surface area contributed by atoms with Gasteiger partial charge in [0.15, 0.2) is 0 Å². The lowest BCUT2D eigenvalue weighted by atomic mass is 10.3. The van der Waals surface area contributed by atoms with E-state index in [1.54, 1.807) is 17.9 Å².